The van der Waals surface area contributed by atoms with E-state index in [2.05, 4.69) is 30.2 Å². The second kappa shape index (κ2) is 5.73. The van der Waals surface area contributed by atoms with Crippen molar-refractivity contribution in [2.45, 2.75) is 32.9 Å². The molecule has 3 N–H and O–H groups in total. The van der Waals surface area contributed by atoms with Gasteiger partial charge in [0.15, 0.2) is 0 Å². The Balaban J connectivity index is 2.41. The summed E-state index contributed by atoms with van der Waals surface area (Å²) in [6.45, 7) is 5.78. The van der Waals surface area contributed by atoms with Crippen molar-refractivity contribution in [1.82, 2.24) is 10.3 Å². The number of hydrogen-bond acceptors (Lipinski definition) is 3. The maximum absolute atomic E-state index is 5.47. The van der Waals surface area contributed by atoms with Crippen LogP contribution in [0.25, 0.3) is 0 Å². The lowest BCUT2D eigenvalue weighted by atomic mass is 10.2. The molecule has 0 aromatic carbocycles. The van der Waals surface area contributed by atoms with E-state index in [0.717, 1.165) is 25.2 Å². The molecule has 0 fully saturated rings. The molecular formula is C11H19N3. The first-order chi connectivity index (χ1) is 6.74. The molecule has 1 rings (SSSR count). The maximum atomic E-state index is 5.47. The fraction of sp³-hybridized carbons (Fsp3) is 0.545. The van der Waals surface area contributed by atoms with Crippen molar-refractivity contribution in [3.8, 4) is 0 Å². The average Bonchev–Trinajstić information content (AvgIpc) is 2.17. The highest BCUT2D eigenvalue weighted by molar-refractivity contribution is 5.17. The smallest absolute Gasteiger partial charge is 0.0570 e. The average molecular weight is 193 g/mol. The summed E-state index contributed by atoms with van der Waals surface area (Å²) in [5, 5.41) is 3.40. The predicted molar refractivity (Wildman–Crippen MR) is 58.9 cm³/mol. The van der Waals surface area contributed by atoms with Gasteiger partial charge in [0.05, 0.1) is 5.69 Å². The molecule has 0 aliphatic heterocycles. The van der Waals surface area contributed by atoms with Crippen molar-refractivity contribution in [2.75, 3.05) is 6.54 Å². The summed E-state index contributed by atoms with van der Waals surface area (Å²) in [5.41, 5.74) is 7.83. The molecule has 1 aromatic rings. The number of aromatic nitrogens is 1. The van der Waals surface area contributed by atoms with Crippen LogP contribution in [0, 0.1) is 6.92 Å². The minimum atomic E-state index is 0.460. The highest BCUT2D eigenvalue weighted by Gasteiger charge is 2.02. The van der Waals surface area contributed by atoms with Gasteiger partial charge in [0, 0.05) is 18.8 Å². The highest BCUT2D eigenvalue weighted by Crippen LogP contribution is 2.03. The van der Waals surface area contributed by atoms with E-state index in [-0.39, 0.29) is 0 Å². The van der Waals surface area contributed by atoms with Gasteiger partial charge >= 0.3 is 0 Å². The second-order valence-corrected chi connectivity index (χ2v) is 3.63. The van der Waals surface area contributed by atoms with Crippen LogP contribution in [-0.4, -0.2) is 17.6 Å². The molecule has 0 aliphatic rings. The minimum absolute atomic E-state index is 0.460. The Kier molecular flexibility index (Phi) is 4.56. The van der Waals surface area contributed by atoms with Crippen molar-refractivity contribution in [3.05, 3.63) is 29.6 Å². The summed E-state index contributed by atoms with van der Waals surface area (Å²) in [4.78, 5) is 4.32. The molecule has 0 radical (unpaired) electrons. The van der Waals surface area contributed by atoms with Crippen LogP contribution in [0.5, 0.6) is 0 Å². The van der Waals surface area contributed by atoms with Crippen LogP contribution >= 0.6 is 0 Å². The van der Waals surface area contributed by atoms with Crippen molar-refractivity contribution < 1.29 is 0 Å². The molecule has 3 heteroatoms. The molecule has 14 heavy (non-hydrogen) atoms. The third kappa shape index (κ3) is 3.44. The number of pyridine rings is 1. The summed E-state index contributed by atoms with van der Waals surface area (Å²) < 4.78 is 0. The minimum Gasteiger partial charge on any atom is -0.330 e. The highest BCUT2D eigenvalue weighted by atomic mass is 14.9. The van der Waals surface area contributed by atoms with Gasteiger partial charge in [0.1, 0.15) is 0 Å². The molecule has 0 amide bonds. The Hall–Kier alpha value is -0.930. The van der Waals surface area contributed by atoms with Crippen LogP contribution in [0.15, 0.2) is 18.3 Å². The zero-order valence-corrected chi connectivity index (χ0v) is 8.96. The SMILES string of the molecule is Cc1cccnc1CNC(C)CCN. The fourth-order valence-electron chi connectivity index (χ4n) is 1.33. The number of hydrogen-bond donors (Lipinski definition) is 2. The lowest BCUT2D eigenvalue weighted by Crippen LogP contribution is -2.28. The zero-order chi connectivity index (χ0) is 10.4. The molecule has 0 saturated carbocycles. The molecular weight excluding hydrogens is 174 g/mol. The predicted octanol–water partition coefficient (Wildman–Crippen LogP) is 1.22. The van der Waals surface area contributed by atoms with Gasteiger partial charge in [-0.2, -0.15) is 0 Å². The van der Waals surface area contributed by atoms with Gasteiger partial charge < -0.3 is 11.1 Å². The molecule has 0 aliphatic carbocycles. The van der Waals surface area contributed by atoms with E-state index in [1.54, 1.807) is 0 Å². The number of aryl methyl sites for hydroxylation is 1. The van der Waals surface area contributed by atoms with Gasteiger partial charge in [-0.25, -0.2) is 0 Å². The summed E-state index contributed by atoms with van der Waals surface area (Å²) in [6.07, 6.45) is 2.84. The van der Waals surface area contributed by atoms with Crippen LogP contribution in [0.4, 0.5) is 0 Å². The lowest BCUT2D eigenvalue weighted by Gasteiger charge is -2.12. The van der Waals surface area contributed by atoms with Crippen molar-refractivity contribution >= 4 is 0 Å². The quantitative estimate of drug-likeness (QED) is 0.739. The molecule has 0 bridgehead atoms. The molecule has 1 unspecified atom stereocenters. The standard InChI is InChI=1S/C11H19N3/c1-9-4-3-7-13-11(9)8-14-10(2)5-6-12/h3-4,7,10,14H,5-6,8,12H2,1-2H3. The van der Waals surface area contributed by atoms with E-state index in [0.29, 0.717) is 6.04 Å². The topological polar surface area (TPSA) is 50.9 Å². The van der Waals surface area contributed by atoms with E-state index < -0.39 is 0 Å². The second-order valence-electron chi connectivity index (χ2n) is 3.63. The Labute approximate surface area is 85.7 Å². The van der Waals surface area contributed by atoms with Crippen LogP contribution < -0.4 is 11.1 Å². The van der Waals surface area contributed by atoms with Crippen molar-refractivity contribution in [1.29, 1.82) is 0 Å². The van der Waals surface area contributed by atoms with Gasteiger partial charge in [-0.05, 0) is 38.4 Å². The van der Waals surface area contributed by atoms with Gasteiger partial charge in [0.2, 0.25) is 0 Å². The van der Waals surface area contributed by atoms with E-state index in [1.807, 2.05) is 12.3 Å². The first-order valence-corrected chi connectivity index (χ1v) is 5.08. The summed E-state index contributed by atoms with van der Waals surface area (Å²) in [5.74, 6) is 0. The number of nitrogens with zero attached hydrogens (tertiary/aromatic N) is 1. The zero-order valence-electron chi connectivity index (χ0n) is 8.96. The summed E-state index contributed by atoms with van der Waals surface area (Å²) >= 11 is 0. The van der Waals surface area contributed by atoms with Crippen LogP contribution in [-0.2, 0) is 6.54 Å². The molecule has 3 nitrogen and oxygen atoms in total. The first kappa shape index (κ1) is 11.1. The molecule has 1 heterocycles. The molecule has 0 saturated heterocycles. The molecule has 1 atom stereocenters. The summed E-state index contributed by atoms with van der Waals surface area (Å²) in [7, 11) is 0. The molecule has 1 aromatic heterocycles. The van der Waals surface area contributed by atoms with E-state index >= 15 is 0 Å². The van der Waals surface area contributed by atoms with Gasteiger partial charge in [-0.3, -0.25) is 4.98 Å². The monoisotopic (exact) mass is 193 g/mol. The van der Waals surface area contributed by atoms with Gasteiger partial charge in [-0.1, -0.05) is 6.07 Å². The number of rotatable bonds is 5. The first-order valence-electron chi connectivity index (χ1n) is 5.08. The van der Waals surface area contributed by atoms with Crippen molar-refractivity contribution in [3.63, 3.8) is 0 Å². The van der Waals surface area contributed by atoms with Crippen LogP contribution in [0.2, 0.25) is 0 Å². The third-order valence-corrected chi connectivity index (χ3v) is 2.34. The third-order valence-electron chi connectivity index (χ3n) is 2.34. The van der Waals surface area contributed by atoms with E-state index in [4.69, 9.17) is 5.73 Å². The van der Waals surface area contributed by atoms with Gasteiger partial charge in [0.25, 0.3) is 0 Å². The lowest BCUT2D eigenvalue weighted by molar-refractivity contribution is 0.514. The number of nitrogens with one attached hydrogen (secondary N) is 1. The van der Waals surface area contributed by atoms with Crippen LogP contribution in [0.1, 0.15) is 24.6 Å². The largest absolute Gasteiger partial charge is 0.330 e. The van der Waals surface area contributed by atoms with Crippen molar-refractivity contribution in [2.24, 2.45) is 5.73 Å². The Morgan fingerprint density at radius 1 is 1.57 bits per heavy atom. The van der Waals surface area contributed by atoms with E-state index in [1.165, 1.54) is 5.56 Å². The Morgan fingerprint density at radius 2 is 2.36 bits per heavy atom. The molecule has 0 spiro atoms. The fourth-order valence-corrected chi connectivity index (χ4v) is 1.33. The van der Waals surface area contributed by atoms with Gasteiger partial charge in [-0.15, -0.1) is 0 Å². The Bertz CT molecular complexity index is 273. The maximum Gasteiger partial charge on any atom is 0.0570 e. The number of nitrogens with two attached hydrogens (primary N) is 1. The normalized spacial score (nSPS) is 12.8. The molecule has 78 valence electrons. The van der Waals surface area contributed by atoms with Crippen LogP contribution in [0.3, 0.4) is 0 Å². The Morgan fingerprint density at radius 3 is 3.00 bits per heavy atom. The van der Waals surface area contributed by atoms with E-state index in [9.17, 15) is 0 Å². The summed E-state index contributed by atoms with van der Waals surface area (Å²) in [6, 6.07) is 4.50.